The first-order valence-corrected chi connectivity index (χ1v) is 10.1. The van der Waals surface area contributed by atoms with E-state index < -0.39 is 10.0 Å². The van der Waals surface area contributed by atoms with Crippen LogP contribution in [-0.4, -0.2) is 36.7 Å². The highest BCUT2D eigenvalue weighted by Gasteiger charge is 2.21. The molecule has 1 heterocycles. The van der Waals surface area contributed by atoms with E-state index >= 15 is 0 Å². The number of rotatable bonds is 7. The summed E-state index contributed by atoms with van der Waals surface area (Å²) >= 11 is 5.80. The number of benzene rings is 1. The van der Waals surface area contributed by atoms with Crippen LogP contribution in [0.3, 0.4) is 0 Å². The molecule has 0 aliphatic carbocycles. The third kappa shape index (κ3) is 4.60. The fourth-order valence-electron chi connectivity index (χ4n) is 2.55. The van der Waals surface area contributed by atoms with Crippen LogP contribution in [0.1, 0.15) is 42.7 Å². The number of nitrogens with one attached hydrogen (secondary N) is 1. The topological polar surface area (TPSA) is 79.4 Å². The average Bonchev–Trinajstić information content (AvgIpc) is 2.62. The summed E-state index contributed by atoms with van der Waals surface area (Å²) in [5, 5.41) is 3.10. The number of amides is 1. The largest absolute Gasteiger partial charge is 0.346 e. The van der Waals surface area contributed by atoms with E-state index in [-0.39, 0.29) is 22.0 Å². The smallest absolute Gasteiger partial charge is 0.251 e. The maximum atomic E-state index is 12.5. The number of hydrogen-bond acceptors (Lipinski definition) is 4. The van der Waals surface area contributed by atoms with Crippen LogP contribution in [0.25, 0.3) is 0 Å². The Morgan fingerprint density at radius 1 is 1.19 bits per heavy atom. The molecule has 0 aliphatic heterocycles. The summed E-state index contributed by atoms with van der Waals surface area (Å²) in [5.74, 6) is -0.276. The standard InChI is InChI=1S/C18H22ClN3O3S/c1-4-22(5-2)26(24,25)16-8-6-14(7-9-16)13(3)21-18(23)15-10-11-20-17(19)12-15/h6-13H,4-5H2,1-3H3,(H,21,23). The van der Waals surface area contributed by atoms with Gasteiger partial charge in [-0.1, -0.05) is 37.6 Å². The zero-order chi connectivity index (χ0) is 19.3. The van der Waals surface area contributed by atoms with Gasteiger partial charge in [0.05, 0.1) is 10.9 Å². The molecular formula is C18H22ClN3O3S. The highest BCUT2D eigenvalue weighted by atomic mass is 35.5. The molecule has 1 aromatic carbocycles. The van der Waals surface area contributed by atoms with Crippen LogP contribution in [0.4, 0.5) is 0 Å². The summed E-state index contributed by atoms with van der Waals surface area (Å²) in [6.07, 6.45) is 1.47. The van der Waals surface area contributed by atoms with Crippen LogP contribution in [0.2, 0.25) is 5.15 Å². The zero-order valence-electron chi connectivity index (χ0n) is 14.9. The minimum Gasteiger partial charge on any atom is -0.346 e. The van der Waals surface area contributed by atoms with Crippen molar-refractivity contribution in [3.8, 4) is 0 Å². The second-order valence-corrected chi connectivity index (χ2v) is 8.05. The van der Waals surface area contributed by atoms with Gasteiger partial charge in [0.15, 0.2) is 0 Å². The molecule has 0 spiro atoms. The average molecular weight is 396 g/mol. The number of carbonyl (C=O) groups excluding carboxylic acids is 1. The van der Waals surface area contributed by atoms with Crippen molar-refractivity contribution < 1.29 is 13.2 Å². The summed E-state index contributed by atoms with van der Waals surface area (Å²) in [4.78, 5) is 16.4. The van der Waals surface area contributed by atoms with E-state index in [0.717, 1.165) is 5.56 Å². The van der Waals surface area contributed by atoms with Gasteiger partial charge in [-0.15, -0.1) is 0 Å². The molecule has 140 valence electrons. The highest BCUT2D eigenvalue weighted by Crippen LogP contribution is 2.20. The number of hydrogen-bond donors (Lipinski definition) is 1. The molecule has 1 unspecified atom stereocenters. The van der Waals surface area contributed by atoms with E-state index in [9.17, 15) is 13.2 Å². The monoisotopic (exact) mass is 395 g/mol. The van der Waals surface area contributed by atoms with Crippen LogP contribution in [-0.2, 0) is 10.0 Å². The second-order valence-electron chi connectivity index (χ2n) is 5.72. The maximum Gasteiger partial charge on any atom is 0.251 e. The lowest BCUT2D eigenvalue weighted by atomic mass is 10.1. The van der Waals surface area contributed by atoms with Gasteiger partial charge in [0.25, 0.3) is 5.91 Å². The number of nitrogens with zero attached hydrogens (tertiary/aromatic N) is 2. The van der Waals surface area contributed by atoms with E-state index in [0.29, 0.717) is 18.7 Å². The van der Waals surface area contributed by atoms with Crippen molar-refractivity contribution >= 4 is 27.5 Å². The molecule has 0 bridgehead atoms. The molecule has 1 N–H and O–H groups in total. The Balaban J connectivity index is 2.14. The van der Waals surface area contributed by atoms with Gasteiger partial charge in [-0.05, 0) is 36.8 Å². The van der Waals surface area contributed by atoms with Crippen molar-refractivity contribution in [2.75, 3.05) is 13.1 Å². The SMILES string of the molecule is CCN(CC)S(=O)(=O)c1ccc(C(C)NC(=O)c2ccnc(Cl)c2)cc1. The molecular weight excluding hydrogens is 374 g/mol. The van der Waals surface area contributed by atoms with E-state index in [2.05, 4.69) is 10.3 Å². The normalized spacial score (nSPS) is 12.8. The van der Waals surface area contributed by atoms with Gasteiger partial charge in [-0.3, -0.25) is 4.79 Å². The van der Waals surface area contributed by atoms with Crippen molar-refractivity contribution in [1.82, 2.24) is 14.6 Å². The quantitative estimate of drug-likeness (QED) is 0.730. The Labute approximate surface area is 159 Å². The van der Waals surface area contributed by atoms with Crippen molar-refractivity contribution in [1.29, 1.82) is 0 Å². The van der Waals surface area contributed by atoms with Gasteiger partial charge in [0.1, 0.15) is 5.15 Å². The summed E-state index contributed by atoms with van der Waals surface area (Å²) < 4.78 is 26.4. The summed E-state index contributed by atoms with van der Waals surface area (Å²) in [6.45, 7) is 6.27. The van der Waals surface area contributed by atoms with Crippen molar-refractivity contribution in [3.05, 3.63) is 58.9 Å². The fraction of sp³-hybridized carbons (Fsp3) is 0.333. The van der Waals surface area contributed by atoms with Crippen molar-refractivity contribution in [3.63, 3.8) is 0 Å². The van der Waals surface area contributed by atoms with Crippen LogP contribution < -0.4 is 5.32 Å². The van der Waals surface area contributed by atoms with Crippen LogP contribution in [0.15, 0.2) is 47.5 Å². The maximum absolute atomic E-state index is 12.5. The summed E-state index contributed by atoms with van der Waals surface area (Å²) in [7, 11) is -3.49. The highest BCUT2D eigenvalue weighted by molar-refractivity contribution is 7.89. The Bertz CT molecular complexity index is 866. The number of pyridine rings is 1. The fourth-order valence-corrected chi connectivity index (χ4v) is 4.18. The van der Waals surface area contributed by atoms with Gasteiger partial charge in [0, 0.05) is 24.8 Å². The Morgan fingerprint density at radius 3 is 2.35 bits per heavy atom. The first-order chi connectivity index (χ1) is 12.3. The first kappa shape index (κ1) is 20.4. The number of halogens is 1. The zero-order valence-corrected chi connectivity index (χ0v) is 16.5. The molecule has 0 aliphatic rings. The molecule has 2 aromatic rings. The first-order valence-electron chi connectivity index (χ1n) is 8.32. The molecule has 1 atom stereocenters. The molecule has 0 radical (unpaired) electrons. The lowest BCUT2D eigenvalue weighted by Crippen LogP contribution is -2.30. The summed E-state index contributed by atoms with van der Waals surface area (Å²) in [5.41, 5.74) is 1.22. The van der Waals surface area contributed by atoms with E-state index in [4.69, 9.17) is 11.6 Å². The van der Waals surface area contributed by atoms with Gasteiger partial charge < -0.3 is 5.32 Å². The van der Waals surface area contributed by atoms with E-state index in [1.165, 1.54) is 16.6 Å². The van der Waals surface area contributed by atoms with Crippen LogP contribution in [0.5, 0.6) is 0 Å². The predicted molar refractivity (Wildman–Crippen MR) is 102 cm³/mol. The molecule has 8 heteroatoms. The van der Waals surface area contributed by atoms with Crippen LogP contribution >= 0.6 is 11.6 Å². The minimum absolute atomic E-state index is 0.240. The number of sulfonamides is 1. The second kappa shape index (κ2) is 8.62. The predicted octanol–water partition coefficient (Wildman–Crippen LogP) is 3.26. The molecule has 26 heavy (non-hydrogen) atoms. The molecule has 1 amide bonds. The lowest BCUT2D eigenvalue weighted by Gasteiger charge is -2.19. The minimum atomic E-state index is -3.49. The van der Waals surface area contributed by atoms with Gasteiger partial charge in [-0.2, -0.15) is 4.31 Å². The number of aromatic nitrogens is 1. The lowest BCUT2D eigenvalue weighted by molar-refractivity contribution is 0.0939. The Kier molecular flexibility index (Phi) is 6.75. The summed E-state index contributed by atoms with van der Waals surface area (Å²) in [6, 6.07) is 9.32. The van der Waals surface area contributed by atoms with Gasteiger partial charge in [0.2, 0.25) is 10.0 Å². The van der Waals surface area contributed by atoms with E-state index in [1.807, 2.05) is 6.92 Å². The molecule has 2 rings (SSSR count). The van der Waals surface area contributed by atoms with Crippen molar-refractivity contribution in [2.45, 2.75) is 31.7 Å². The molecule has 0 saturated heterocycles. The van der Waals surface area contributed by atoms with Crippen LogP contribution in [0, 0.1) is 0 Å². The van der Waals surface area contributed by atoms with E-state index in [1.54, 1.807) is 44.2 Å². The van der Waals surface area contributed by atoms with Crippen molar-refractivity contribution in [2.24, 2.45) is 0 Å². The third-order valence-corrected chi connectivity index (χ3v) is 6.33. The van der Waals surface area contributed by atoms with Gasteiger partial charge >= 0.3 is 0 Å². The molecule has 0 saturated carbocycles. The molecule has 6 nitrogen and oxygen atoms in total. The molecule has 1 aromatic heterocycles. The third-order valence-electron chi connectivity index (χ3n) is 4.06. The number of carbonyl (C=O) groups is 1. The Hall–Kier alpha value is -1.96. The van der Waals surface area contributed by atoms with Gasteiger partial charge in [-0.25, -0.2) is 13.4 Å². The Morgan fingerprint density at radius 2 is 1.81 bits per heavy atom. The molecule has 0 fully saturated rings.